The second kappa shape index (κ2) is 6.36. The van der Waals surface area contributed by atoms with E-state index in [1.165, 1.54) is 18.2 Å². The zero-order chi connectivity index (χ0) is 14.5. The van der Waals surface area contributed by atoms with Gasteiger partial charge in [0.15, 0.2) is 0 Å². The molecule has 0 spiro atoms. The molecule has 0 aliphatic heterocycles. The fourth-order valence-corrected chi connectivity index (χ4v) is 2.40. The number of halogens is 1. The Labute approximate surface area is 116 Å². The molecule has 0 aromatic heterocycles. The molecule has 2 rings (SSSR count). The minimum atomic E-state index is -0.771. The normalized spacial score (nSPS) is 22.1. The molecule has 0 bridgehead atoms. The topological polar surface area (TPSA) is 78.4 Å². The van der Waals surface area contributed by atoms with Crippen molar-refractivity contribution in [2.45, 2.75) is 31.7 Å². The van der Waals surface area contributed by atoms with E-state index in [0.29, 0.717) is 31.4 Å². The summed E-state index contributed by atoms with van der Waals surface area (Å²) in [5.41, 5.74) is 0.390. The van der Waals surface area contributed by atoms with Crippen LogP contribution < -0.4 is 10.6 Å². The zero-order valence-corrected chi connectivity index (χ0v) is 10.9. The van der Waals surface area contributed by atoms with Gasteiger partial charge in [-0.05, 0) is 43.9 Å². The molecule has 0 unspecified atom stereocenters. The third-order valence-electron chi connectivity index (χ3n) is 3.49. The molecular weight excluding hydrogens is 263 g/mol. The first-order valence-electron chi connectivity index (χ1n) is 6.60. The van der Waals surface area contributed by atoms with Gasteiger partial charge < -0.3 is 15.7 Å². The summed E-state index contributed by atoms with van der Waals surface area (Å²) < 4.78 is 13.0. The Morgan fingerprint density at radius 1 is 1.20 bits per heavy atom. The van der Waals surface area contributed by atoms with Crippen LogP contribution in [0.15, 0.2) is 24.3 Å². The number of hydrogen-bond acceptors (Lipinski definition) is 2. The fraction of sp³-hybridized carbons (Fsp3) is 0.429. The number of carbonyl (C=O) groups excluding carboxylic acids is 1. The Bertz CT molecular complexity index is 499. The molecule has 0 saturated heterocycles. The molecule has 1 fully saturated rings. The highest BCUT2D eigenvalue weighted by molar-refractivity contribution is 5.89. The second-order valence-electron chi connectivity index (χ2n) is 5.00. The maximum absolute atomic E-state index is 13.0. The SMILES string of the molecule is O=C(Nc1cccc(F)c1)NC1CCC(C(=O)O)CC1. The van der Waals surface area contributed by atoms with Crippen molar-refractivity contribution in [3.8, 4) is 0 Å². The van der Waals surface area contributed by atoms with E-state index < -0.39 is 17.8 Å². The molecule has 6 heteroatoms. The van der Waals surface area contributed by atoms with Crippen LogP contribution in [0.25, 0.3) is 0 Å². The first kappa shape index (κ1) is 14.3. The van der Waals surface area contributed by atoms with Gasteiger partial charge in [-0.15, -0.1) is 0 Å². The second-order valence-corrected chi connectivity index (χ2v) is 5.00. The van der Waals surface area contributed by atoms with E-state index in [2.05, 4.69) is 10.6 Å². The van der Waals surface area contributed by atoms with Crippen LogP contribution in [-0.2, 0) is 4.79 Å². The lowest BCUT2D eigenvalue weighted by atomic mass is 9.86. The lowest BCUT2D eigenvalue weighted by Gasteiger charge is -2.26. The van der Waals surface area contributed by atoms with Crippen molar-refractivity contribution >= 4 is 17.7 Å². The largest absolute Gasteiger partial charge is 0.481 e. The quantitative estimate of drug-likeness (QED) is 0.796. The summed E-state index contributed by atoms with van der Waals surface area (Å²) in [6, 6.07) is 5.23. The first-order chi connectivity index (χ1) is 9.54. The molecule has 0 atom stereocenters. The Morgan fingerprint density at radius 3 is 2.50 bits per heavy atom. The summed E-state index contributed by atoms with van der Waals surface area (Å²) in [7, 11) is 0. The van der Waals surface area contributed by atoms with Gasteiger partial charge in [0.1, 0.15) is 5.82 Å². The molecule has 0 radical (unpaired) electrons. The number of carboxylic acids is 1. The molecular formula is C14H17FN2O3. The average Bonchev–Trinajstić information content (AvgIpc) is 2.39. The number of benzene rings is 1. The number of aliphatic carboxylic acids is 1. The van der Waals surface area contributed by atoms with Gasteiger partial charge >= 0.3 is 12.0 Å². The van der Waals surface area contributed by atoms with Gasteiger partial charge in [-0.1, -0.05) is 6.07 Å². The van der Waals surface area contributed by atoms with E-state index >= 15 is 0 Å². The van der Waals surface area contributed by atoms with E-state index in [4.69, 9.17) is 5.11 Å². The van der Waals surface area contributed by atoms with Gasteiger partial charge in [-0.25, -0.2) is 9.18 Å². The Morgan fingerprint density at radius 2 is 1.90 bits per heavy atom. The number of hydrogen-bond donors (Lipinski definition) is 3. The molecule has 2 amide bonds. The molecule has 1 aliphatic rings. The average molecular weight is 280 g/mol. The van der Waals surface area contributed by atoms with Gasteiger partial charge in [0.25, 0.3) is 0 Å². The number of carbonyl (C=O) groups is 2. The number of carboxylic acid groups (broad SMARTS) is 1. The third-order valence-corrected chi connectivity index (χ3v) is 3.49. The van der Waals surface area contributed by atoms with E-state index in [-0.39, 0.29) is 12.0 Å². The van der Waals surface area contributed by atoms with Crippen LogP contribution in [0, 0.1) is 11.7 Å². The van der Waals surface area contributed by atoms with E-state index in [1.807, 2.05) is 0 Å². The summed E-state index contributed by atoms with van der Waals surface area (Å²) in [6.07, 6.45) is 2.43. The molecule has 1 aromatic rings. The van der Waals surface area contributed by atoms with E-state index in [1.54, 1.807) is 6.07 Å². The summed E-state index contributed by atoms with van der Waals surface area (Å²) in [4.78, 5) is 22.6. The summed E-state index contributed by atoms with van der Waals surface area (Å²) in [5, 5.41) is 14.2. The molecule has 20 heavy (non-hydrogen) atoms. The number of anilines is 1. The molecule has 1 aromatic carbocycles. The number of amides is 2. The van der Waals surface area contributed by atoms with Crippen molar-refractivity contribution < 1.29 is 19.1 Å². The van der Waals surface area contributed by atoms with E-state index in [9.17, 15) is 14.0 Å². The van der Waals surface area contributed by atoms with Crippen LogP contribution in [0.2, 0.25) is 0 Å². The van der Waals surface area contributed by atoms with Crippen molar-refractivity contribution in [2.75, 3.05) is 5.32 Å². The first-order valence-corrected chi connectivity index (χ1v) is 6.60. The van der Waals surface area contributed by atoms with Crippen LogP contribution in [0.4, 0.5) is 14.9 Å². The van der Waals surface area contributed by atoms with Crippen molar-refractivity contribution in [3.63, 3.8) is 0 Å². The zero-order valence-electron chi connectivity index (χ0n) is 10.9. The van der Waals surface area contributed by atoms with Crippen molar-refractivity contribution in [1.29, 1.82) is 0 Å². The van der Waals surface area contributed by atoms with Gasteiger partial charge in [-0.2, -0.15) is 0 Å². The number of nitrogens with one attached hydrogen (secondary N) is 2. The Kier molecular flexibility index (Phi) is 4.55. The minimum absolute atomic E-state index is 0.0286. The molecule has 1 aliphatic carbocycles. The van der Waals surface area contributed by atoms with Crippen molar-refractivity contribution in [3.05, 3.63) is 30.1 Å². The lowest BCUT2D eigenvalue weighted by Crippen LogP contribution is -2.40. The lowest BCUT2D eigenvalue weighted by molar-refractivity contribution is -0.142. The predicted octanol–water partition coefficient (Wildman–Crippen LogP) is 2.59. The third kappa shape index (κ3) is 3.94. The summed E-state index contributed by atoms with van der Waals surface area (Å²) >= 11 is 0. The highest BCUT2D eigenvalue weighted by Crippen LogP contribution is 2.24. The van der Waals surface area contributed by atoms with Crippen LogP contribution in [-0.4, -0.2) is 23.1 Å². The van der Waals surface area contributed by atoms with Gasteiger partial charge in [0.05, 0.1) is 5.92 Å². The molecule has 108 valence electrons. The smallest absolute Gasteiger partial charge is 0.319 e. The summed E-state index contributed by atoms with van der Waals surface area (Å²) in [6.45, 7) is 0. The number of rotatable bonds is 3. The maximum atomic E-state index is 13.0. The fourth-order valence-electron chi connectivity index (χ4n) is 2.40. The van der Waals surface area contributed by atoms with Gasteiger partial charge in [-0.3, -0.25) is 4.79 Å². The van der Waals surface area contributed by atoms with Crippen LogP contribution >= 0.6 is 0 Å². The standard InChI is InChI=1S/C14H17FN2O3/c15-10-2-1-3-12(8-10)17-14(20)16-11-6-4-9(5-7-11)13(18)19/h1-3,8-9,11H,4-7H2,(H,18,19)(H2,16,17,20). The Balaban J connectivity index is 1.80. The van der Waals surface area contributed by atoms with Gasteiger partial charge in [0, 0.05) is 11.7 Å². The van der Waals surface area contributed by atoms with Crippen molar-refractivity contribution in [1.82, 2.24) is 5.32 Å². The molecule has 5 nitrogen and oxygen atoms in total. The van der Waals surface area contributed by atoms with Crippen LogP contribution in [0.3, 0.4) is 0 Å². The van der Waals surface area contributed by atoms with Crippen LogP contribution in [0.1, 0.15) is 25.7 Å². The summed E-state index contributed by atoms with van der Waals surface area (Å²) in [5.74, 6) is -1.49. The monoisotopic (exact) mass is 280 g/mol. The van der Waals surface area contributed by atoms with E-state index in [0.717, 1.165) is 0 Å². The minimum Gasteiger partial charge on any atom is -0.481 e. The van der Waals surface area contributed by atoms with Crippen molar-refractivity contribution in [2.24, 2.45) is 5.92 Å². The molecule has 0 heterocycles. The van der Waals surface area contributed by atoms with Crippen LogP contribution in [0.5, 0.6) is 0 Å². The number of urea groups is 1. The highest BCUT2D eigenvalue weighted by atomic mass is 19.1. The maximum Gasteiger partial charge on any atom is 0.319 e. The molecule has 1 saturated carbocycles. The predicted molar refractivity (Wildman–Crippen MR) is 71.9 cm³/mol. The molecule has 3 N–H and O–H groups in total. The highest BCUT2D eigenvalue weighted by Gasteiger charge is 2.26. The Hall–Kier alpha value is -2.11. The van der Waals surface area contributed by atoms with Gasteiger partial charge in [0.2, 0.25) is 0 Å².